The van der Waals surface area contributed by atoms with Gasteiger partial charge < -0.3 is 60.3 Å². The molecule has 2 saturated heterocycles. The number of hydrogen-bond acceptors (Lipinski definition) is 16. The highest BCUT2D eigenvalue weighted by molar-refractivity contribution is 6.07. The molecule has 10 N–H and O–H groups in total. The van der Waals surface area contributed by atoms with Gasteiger partial charge in [-0.05, 0) is 25.8 Å². The minimum absolute atomic E-state index is 0.0204. The second-order valence-corrected chi connectivity index (χ2v) is 11.4. The lowest BCUT2D eigenvalue weighted by Crippen LogP contribution is -2.37. The average Bonchev–Trinajstić information content (AvgIpc) is 3.77. The number of methoxy groups -OCH3 is 1. The summed E-state index contributed by atoms with van der Waals surface area (Å²) < 4.78 is 20.3. The first-order valence-electron chi connectivity index (χ1n) is 14.8. The number of anilines is 1. The van der Waals surface area contributed by atoms with E-state index in [2.05, 4.69) is 25.4 Å². The maximum Gasteiger partial charge on any atom is 0.251 e. The Balaban J connectivity index is 1.38. The fraction of sp³-hybridized carbons (Fsp3) is 0.536. The van der Waals surface area contributed by atoms with Crippen molar-refractivity contribution < 1.29 is 49.4 Å². The normalized spacial score (nSPS) is 27.7. The quantitative estimate of drug-likeness (QED) is 0.0810. The molecule has 4 aromatic rings. The summed E-state index contributed by atoms with van der Waals surface area (Å²) in [5.74, 6) is 0.0943. The molecule has 254 valence electrons. The highest BCUT2D eigenvalue weighted by Gasteiger charge is 2.47. The molecule has 2 aliphatic rings. The van der Waals surface area contributed by atoms with Crippen LogP contribution in [0.3, 0.4) is 0 Å². The molecule has 19 heteroatoms. The van der Waals surface area contributed by atoms with Gasteiger partial charge in [-0.15, -0.1) is 0 Å². The second-order valence-electron chi connectivity index (χ2n) is 11.4. The molecule has 8 atom stereocenters. The van der Waals surface area contributed by atoms with Crippen LogP contribution in [0.15, 0.2) is 12.4 Å². The average molecular weight is 660 g/mol. The predicted molar refractivity (Wildman–Crippen MR) is 161 cm³/mol. The van der Waals surface area contributed by atoms with Crippen molar-refractivity contribution >= 4 is 33.8 Å². The number of amides is 1. The number of aliphatic hydroxyl groups is 5. The number of ether oxygens (including phenoxy) is 3. The minimum atomic E-state index is -1.37. The number of aryl methyl sites for hydroxylation is 2. The van der Waals surface area contributed by atoms with E-state index in [1.807, 2.05) is 0 Å². The van der Waals surface area contributed by atoms with Gasteiger partial charge in [0.05, 0.1) is 36.2 Å². The van der Waals surface area contributed by atoms with Crippen LogP contribution in [0.25, 0.3) is 22.1 Å². The van der Waals surface area contributed by atoms with Crippen molar-refractivity contribution in [1.82, 2.24) is 29.1 Å². The van der Waals surface area contributed by atoms with Gasteiger partial charge in [-0.2, -0.15) is 4.98 Å². The Morgan fingerprint density at radius 3 is 2.23 bits per heavy atom. The zero-order valence-corrected chi connectivity index (χ0v) is 25.7. The summed E-state index contributed by atoms with van der Waals surface area (Å²) in [4.78, 5) is 36.2. The third kappa shape index (κ3) is 5.54. The largest absolute Gasteiger partial charge is 0.480 e. The Morgan fingerprint density at radius 1 is 0.936 bits per heavy atom. The minimum Gasteiger partial charge on any atom is -0.480 e. The third-order valence-corrected chi connectivity index (χ3v) is 8.38. The molecule has 0 aliphatic carbocycles. The van der Waals surface area contributed by atoms with Crippen LogP contribution in [0.5, 0.6) is 5.88 Å². The van der Waals surface area contributed by atoms with Gasteiger partial charge >= 0.3 is 0 Å². The molecule has 4 aromatic heterocycles. The molecule has 0 bridgehead atoms. The number of aliphatic hydroxyl groups excluding tert-OH is 5. The molecule has 0 saturated carbocycles. The van der Waals surface area contributed by atoms with Gasteiger partial charge in [0.15, 0.2) is 30.0 Å². The summed E-state index contributed by atoms with van der Waals surface area (Å²) in [5.41, 5.74) is 15.7. The molecule has 1 amide bonds. The number of primary amides is 1. The molecule has 2 aliphatic heterocycles. The number of aromatic nitrogens is 6. The van der Waals surface area contributed by atoms with Crippen LogP contribution in [0, 0.1) is 13.8 Å². The highest BCUT2D eigenvalue weighted by atomic mass is 16.7. The van der Waals surface area contributed by atoms with Gasteiger partial charge in [-0.25, -0.2) is 20.4 Å². The summed E-state index contributed by atoms with van der Waals surface area (Å²) in [7, 11) is 1.39. The van der Waals surface area contributed by atoms with Crippen LogP contribution < -0.4 is 21.7 Å². The fourth-order valence-electron chi connectivity index (χ4n) is 6.17. The molecule has 0 unspecified atom stereocenters. The molecule has 0 aromatic carbocycles. The summed E-state index contributed by atoms with van der Waals surface area (Å²) >= 11 is 0. The number of carbonyl (C=O) groups excluding carboxylic acids is 1. The van der Waals surface area contributed by atoms with Crippen LogP contribution in [0.4, 0.5) is 5.82 Å². The first-order chi connectivity index (χ1) is 22.5. The van der Waals surface area contributed by atoms with E-state index in [0.717, 1.165) is 0 Å². The van der Waals surface area contributed by atoms with Crippen LogP contribution in [-0.2, 0) is 20.9 Å². The SMILES string of the molecule is COc1nc(C)nc2c1c(C(N)=O)cn2[C@@H]1O[C@H](CO)[C@@H](O)[C@H]1ONc1nc(C)nc2c1c(CN)cn2[C@@H]1O[C@H](CCO)[C@@H](O)[C@H]1O. The lowest BCUT2D eigenvalue weighted by atomic mass is 10.1. The van der Waals surface area contributed by atoms with Crippen LogP contribution >= 0.6 is 0 Å². The standard InChI is InChI=1S/C28H37N9O10/c1-10-31-23(16-12(6-29)7-36(24(16)32-10)27-20(42)18(40)14(45-27)4-5-38)35-47-21-19(41)15(9-39)46-28(21)37-8-13(22(30)43)17-25(37)33-11(2)34-26(17)44-3/h7-8,14-15,18-21,27-28,38-42H,4-6,9,29H2,1-3H3,(H2,30,43)(H,31,32,35)/t14-,15-,18-,19-,20-,21-,27-,28-/m1/s1. The van der Waals surface area contributed by atoms with Gasteiger partial charge in [0.25, 0.3) is 5.91 Å². The highest BCUT2D eigenvalue weighted by Crippen LogP contribution is 2.39. The first kappa shape index (κ1) is 32.9. The van der Waals surface area contributed by atoms with Crippen molar-refractivity contribution in [3.8, 4) is 5.88 Å². The van der Waals surface area contributed by atoms with Crippen molar-refractivity contribution in [2.75, 3.05) is 25.8 Å². The van der Waals surface area contributed by atoms with E-state index in [1.54, 1.807) is 20.0 Å². The van der Waals surface area contributed by atoms with E-state index in [-0.39, 0.29) is 47.9 Å². The van der Waals surface area contributed by atoms with E-state index in [9.17, 15) is 30.3 Å². The lowest BCUT2D eigenvalue weighted by Gasteiger charge is -2.23. The van der Waals surface area contributed by atoms with E-state index in [4.69, 9.17) is 30.5 Å². The molecule has 0 radical (unpaired) electrons. The predicted octanol–water partition coefficient (Wildman–Crippen LogP) is -1.98. The first-order valence-corrected chi connectivity index (χ1v) is 14.8. The van der Waals surface area contributed by atoms with Crippen molar-refractivity contribution in [3.05, 3.63) is 35.2 Å². The summed E-state index contributed by atoms with van der Waals surface area (Å²) in [6.07, 6.45) is -6.12. The van der Waals surface area contributed by atoms with Crippen LogP contribution in [0.1, 0.15) is 46.4 Å². The molecule has 6 heterocycles. The van der Waals surface area contributed by atoms with Crippen molar-refractivity contribution in [3.63, 3.8) is 0 Å². The number of rotatable bonds is 11. The molecule has 47 heavy (non-hydrogen) atoms. The van der Waals surface area contributed by atoms with Crippen LogP contribution in [-0.4, -0.2) is 117 Å². The maximum atomic E-state index is 12.4. The molecular weight excluding hydrogens is 622 g/mol. The zero-order chi connectivity index (χ0) is 33.7. The number of nitrogens with two attached hydrogens (primary N) is 2. The lowest BCUT2D eigenvalue weighted by molar-refractivity contribution is -0.0585. The van der Waals surface area contributed by atoms with Crippen LogP contribution in [0.2, 0.25) is 0 Å². The number of nitrogens with zero attached hydrogens (tertiary/aromatic N) is 6. The molecular formula is C28H37N9O10. The third-order valence-electron chi connectivity index (χ3n) is 8.38. The Hall–Kier alpha value is -4.05. The van der Waals surface area contributed by atoms with Gasteiger partial charge in [0.1, 0.15) is 41.7 Å². The second kappa shape index (κ2) is 12.9. The molecule has 2 fully saturated rings. The van der Waals surface area contributed by atoms with E-state index in [1.165, 1.54) is 22.4 Å². The Kier molecular flexibility index (Phi) is 9.00. The summed E-state index contributed by atoms with van der Waals surface area (Å²) in [6.45, 7) is 2.48. The topological polar surface area (TPSA) is 281 Å². The molecule has 19 nitrogen and oxygen atoms in total. The van der Waals surface area contributed by atoms with Crippen molar-refractivity contribution in [1.29, 1.82) is 0 Å². The van der Waals surface area contributed by atoms with Crippen molar-refractivity contribution in [2.24, 2.45) is 11.5 Å². The molecule has 6 rings (SSSR count). The number of hydrogen-bond donors (Lipinski definition) is 8. The smallest absolute Gasteiger partial charge is 0.251 e. The van der Waals surface area contributed by atoms with E-state index >= 15 is 0 Å². The van der Waals surface area contributed by atoms with Gasteiger partial charge in [0.2, 0.25) is 5.88 Å². The van der Waals surface area contributed by atoms with E-state index < -0.39 is 61.6 Å². The number of carbonyl (C=O) groups is 1. The number of nitrogens with one attached hydrogen (secondary N) is 1. The summed E-state index contributed by atoms with van der Waals surface area (Å²) in [6, 6.07) is 0. The fourth-order valence-corrected chi connectivity index (χ4v) is 6.17. The summed E-state index contributed by atoms with van der Waals surface area (Å²) in [5, 5.41) is 52.5. The number of fused-ring (bicyclic) bond motifs is 2. The Labute approximate surface area is 266 Å². The maximum absolute atomic E-state index is 12.4. The van der Waals surface area contributed by atoms with Gasteiger partial charge in [0, 0.05) is 25.5 Å². The monoisotopic (exact) mass is 659 g/mol. The Bertz CT molecular complexity index is 1800. The van der Waals surface area contributed by atoms with E-state index in [0.29, 0.717) is 28.2 Å². The van der Waals surface area contributed by atoms with Crippen molar-refractivity contribution in [2.45, 2.75) is 75.9 Å². The molecule has 0 spiro atoms. The zero-order valence-electron chi connectivity index (χ0n) is 25.7. The Morgan fingerprint density at radius 2 is 1.60 bits per heavy atom. The van der Waals surface area contributed by atoms with Gasteiger partial charge in [-0.3, -0.25) is 9.63 Å². The van der Waals surface area contributed by atoms with Gasteiger partial charge in [-0.1, -0.05) is 0 Å².